The lowest BCUT2D eigenvalue weighted by Gasteiger charge is -1.80. The number of aromatic amines is 1. The van der Waals surface area contributed by atoms with Gasteiger partial charge in [0.2, 0.25) is 0 Å². The van der Waals surface area contributed by atoms with Gasteiger partial charge in [0.05, 0.1) is 0 Å². The normalized spacial score (nSPS) is 10.0. The number of H-pyrrole nitrogens is 1. The van der Waals surface area contributed by atoms with Crippen molar-refractivity contribution in [3.8, 4) is 10.8 Å². The van der Waals surface area contributed by atoms with E-state index >= 15 is 0 Å². The van der Waals surface area contributed by atoms with Crippen molar-refractivity contribution < 1.29 is 0 Å². The molecule has 0 aliphatic carbocycles. The van der Waals surface area contributed by atoms with Crippen molar-refractivity contribution in [2.45, 2.75) is 0 Å². The van der Waals surface area contributed by atoms with E-state index in [1.54, 1.807) is 5.51 Å². The van der Waals surface area contributed by atoms with Crippen molar-refractivity contribution in [3.05, 3.63) is 11.8 Å². The second kappa shape index (κ2) is 2.14. The van der Waals surface area contributed by atoms with Gasteiger partial charge >= 0.3 is 0 Å². The molecule has 5 nitrogen and oxygen atoms in total. The Hall–Kier alpha value is -1.30. The van der Waals surface area contributed by atoms with Gasteiger partial charge < -0.3 is 0 Å². The van der Waals surface area contributed by atoms with Crippen LogP contribution < -0.4 is 0 Å². The van der Waals surface area contributed by atoms with Crippen LogP contribution in [0.5, 0.6) is 0 Å². The molecule has 0 saturated heterocycles. The zero-order valence-electron chi connectivity index (χ0n) is 4.85. The van der Waals surface area contributed by atoms with Crippen molar-refractivity contribution in [2.75, 3.05) is 0 Å². The minimum absolute atomic E-state index is 0.669. The van der Waals surface area contributed by atoms with E-state index in [0.717, 1.165) is 5.01 Å². The van der Waals surface area contributed by atoms with Crippen molar-refractivity contribution in [2.24, 2.45) is 0 Å². The molecule has 2 rings (SSSR count). The van der Waals surface area contributed by atoms with Crippen LogP contribution in [0.1, 0.15) is 0 Å². The van der Waals surface area contributed by atoms with Gasteiger partial charge in [-0.2, -0.15) is 5.10 Å². The Bertz CT molecular complexity index is 253. The van der Waals surface area contributed by atoms with Gasteiger partial charge in [-0.3, -0.25) is 5.10 Å². The fourth-order valence-corrected chi connectivity index (χ4v) is 1.08. The summed E-state index contributed by atoms with van der Waals surface area (Å²) in [4.78, 5) is 3.90. The molecule has 2 aromatic heterocycles. The molecule has 50 valence electrons. The average molecular weight is 153 g/mol. The molecule has 0 spiro atoms. The lowest BCUT2D eigenvalue weighted by atomic mass is 10.7. The molecular weight excluding hydrogens is 150 g/mol. The van der Waals surface area contributed by atoms with Crippen molar-refractivity contribution in [1.82, 2.24) is 25.4 Å². The van der Waals surface area contributed by atoms with Crippen LogP contribution in [-0.4, -0.2) is 25.4 Å². The third kappa shape index (κ3) is 0.781. The molecule has 0 atom stereocenters. The summed E-state index contributed by atoms with van der Waals surface area (Å²) in [7, 11) is 0. The van der Waals surface area contributed by atoms with Gasteiger partial charge in [-0.25, -0.2) is 4.98 Å². The van der Waals surface area contributed by atoms with Crippen LogP contribution >= 0.6 is 11.3 Å². The smallest absolute Gasteiger partial charge is 0.186 e. The Morgan fingerprint density at radius 3 is 3.10 bits per heavy atom. The molecule has 0 unspecified atom stereocenters. The van der Waals surface area contributed by atoms with Gasteiger partial charge in [-0.1, -0.05) is 11.3 Å². The summed E-state index contributed by atoms with van der Waals surface area (Å²) < 4.78 is 0. The summed E-state index contributed by atoms with van der Waals surface area (Å²) >= 11 is 1.42. The number of hydrogen-bond donors (Lipinski definition) is 1. The molecule has 0 bridgehead atoms. The first kappa shape index (κ1) is 5.48. The summed E-state index contributed by atoms with van der Waals surface area (Å²) in [5.41, 5.74) is 1.65. The van der Waals surface area contributed by atoms with E-state index in [9.17, 15) is 0 Å². The Balaban J connectivity index is 2.48. The van der Waals surface area contributed by atoms with Crippen molar-refractivity contribution in [3.63, 3.8) is 0 Å². The standard InChI is InChI=1S/C4H3N5S/c1-5-3(8-6-1)4-9-7-2-10-4/h1-2H,(H,5,6,8). The monoisotopic (exact) mass is 153 g/mol. The largest absolute Gasteiger partial charge is 0.257 e. The summed E-state index contributed by atoms with van der Waals surface area (Å²) in [5, 5.41) is 14.6. The molecule has 0 aromatic carbocycles. The zero-order valence-corrected chi connectivity index (χ0v) is 5.67. The van der Waals surface area contributed by atoms with Crippen LogP contribution in [0.4, 0.5) is 0 Å². The van der Waals surface area contributed by atoms with Crippen LogP contribution in [0, 0.1) is 0 Å². The van der Waals surface area contributed by atoms with Crippen LogP contribution in [-0.2, 0) is 0 Å². The maximum absolute atomic E-state index is 3.90. The molecule has 2 aromatic rings. The Morgan fingerprint density at radius 1 is 1.50 bits per heavy atom. The molecule has 6 heteroatoms. The molecule has 0 saturated carbocycles. The number of aromatic nitrogens is 5. The SMILES string of the molecule is c1n[nH]c(-c2nncs2)n1. The van der Waals surface area contributed by atoms with E-state index in [2.05, 4.69) is 25.4 Å². The summed E-state index contributed by atoms with van der Waals surface area (Å²) in [6.07, 6.45) is 1.44. The molecule has 2 heterocycles. The highest BCUT2D eigenvalue weighted by Gasteiger charge is 2.01. The number of rotatable bonds is 1. The fourth-order valence-electron chi connectivity index (χ4n) is 0.585. The summed E-state index contributed by atoms with van der Waals surface area (Å²) in [6.45, 7) is 0. The minimum atomic E-state index is 0.669. The van der Waals surface area contributed by atoms with E-state index < -0.39 is 0 Å². The molecular formula is C4H3N5S. The molecule has 0 fully saturated rings. The highest BCUT2D eigenvalue weighted by Crippen LogP contribution is 2.13. The highest BCUT2D eigenvalue weighted by molar-refractivity contribution is 7.12. The van der Waals surface area contributed by atoms with Crippen LogP contribution in [0.25, 0.3) is 10.8 Å². The molecule has 10 heavy (non-hydrogen) atoms. The number of nitrogens with one attached hydrogen (secondary N) is 1. The van der Waals surface area contributed by atoms with Crippen LogP contribution in [0.15, 0.2) is 11.8 Å². The second-order valence-corrected chi connectivity index (χ2v) is 2.41. The predicted molar refractivity (Wildman–Crippen MR) is 35.3 cm³/mol. The van der Waals surface area contributed by atoms with E-state index in [0.29, 0.717) is 5.82 Å². The molecule has 0 radical (unpaired) electrons. The van der Waals surface area contributed by atoms with Gasteiger partial charge in [0.25, 0.3) is 0 Å². The van der Waals surface area contributed by atoms with Gasteiger partial charge in [0.1, 0.15) is 11.8 Å². The van der Waals surface area contributed by atoms with Crippen LogP contribution in [0.3, 0.4) is 0 Å². The van der Waals surface area contributed by atoms with Crippen molar-refractivity contribution in [1.29, 1.82) is 0 Å². The van der Waals surface area contributed by atoms with E-state index in [1.807, 2.05) is 0 Å². The Labute approximate surface area is 60.2 Å². The maximum atomic E-state index is 3.90. The second-order valence-electron chi connectivity index (χ2n) is 1.58. The predicted octanol–water partition coefficient (Wildman–Crippen LogP) is 0.323. The summed E-state index contributed by atoms with van der Waals surface area (Å²) in [5.74, 6) is 0.669. The average Bonchev–Trinajstić information content (AvgIpc) is 2.59. The molecule has 1 N–H and O–H groups in total. The van der Waals surface area contributed by atoms with Crippen molar-refractivity contribution >= 4 is 11.3 Å². The minimum Gasteiger partial charge on any atom is -0.257 e. The first-order valence-corrected chi connectivity index (χ1v) is 3.46. The van der Waals surface area contributed by atoms with Gasteiger partial charge in [0.15, 0.2) is 10.8 Å². The Morgan fingerprint density at radius 2 is 2.50 bits per heavy atom. The van der Waals surface area contributed by atoms with Gasteiger partial charge in [-0.15, -0.1) is 10.2 Å². The first-order valence-electron chi connectivity index (χ1n) is 2.59. The molecule has 0 amide bonds. The highest BCUT2D eigenvalue weighted by atomic mass is 32.1. The molecule has 0 aliphatic rings. The maximum Gasteiger partial charge on any atom is 0.186 e. The lowest BCUT2D eigenvalue weighted by molar-refractivity contribution is 1.06. The number of nitrogens with zero attached hydrogens (tertiary/aromatic N) is 4. The summed E-state index contributed by atoms with van der Waals surface area (Å²) in [6, 6.07) is 0. The first-order chi connectivity index (χ1) is 4.97. The van der Waals surface area contributed by atoms with E-state index in [4.69, 9.17) is 0 Å². The lowest BCUT2D eigenvalue weighted by Crippen LogP contribution is -1.78. The third-order valence-electron chi connectivity index (χ3n) is 0.978. The van der Waals surface area contributed by atoms with Crippen LogP contribution in [0.2, 0.25) is 0 Å². The quantitative estimate of drug-likeness (QED) is 0.640. The third-order valence-corrected chi connectivity index (χ3v) is 1.68. The Kier molecular flexibility index (Phi) is 1.17. The van der Waals surface area contributed by atoms with E-state index in [1.165, 1.54) is 17.7 Å². The van der Waals surface area contributed by atoms with Gasteiger partial charge in [-0.05, 0) is 0 Å². The topological polar surface area (TPSA) is 67.3 Å². The molecule has 0 aliphatic heterocycles. The van der Waals surface area contributed by atoms with E-state index in [-0.39, 0.29) is 0 Å². The zero-order chi connectivity index (χ0) is 6.81. The van der Waals surface area contributed by atoms with Gasteiger partial charge in [0, 0.05) is 0 Å². The fraction of sp³-hybridized carbons (Fsp3) is 0. The number of hydrogen-bond acceptors (Lipinski definition) is 5.